The number of imidazole rings is 1. The third-order valence-electron chi connectivity index (χ3n) is 4.03. The second-order valence-corrected chi connectivity index (χ2v) is 6.76. The third kappa shape index (κ3) is 2.87. The Kier molecular flexibility index (Phi) is 3.93. The van der Waals surface area contributed by atoms with Crippen LogP contribution < -0.4 is 5.32 Å². The van der Waals surface area contributed by atoms with Gasteiger partial charge in [0.05, 0.1) is 18.4 Å². The quantitative estimate of drug-likeness (QED) is 0.786. The van der Waals surface area contributed by atoms with Crippen LogP contribution >= 0.6 is 11.8 Å². The summed E-state index contributed by atoms with van der Waals surface area (Å²) in [5, 5.41) is 3.40. The molecule has 7 heteroatoms. The van der Waals surface area contributed by atoms with E-state index >= 15 is 0 Å². The number of hydrogen-bond acceptors (Lipinski definition) is 5. The Balaban J connectivity index is 1.63. The van der Waals surface area contributed by atoms with Gasteiger partial charge in [-0.2, -0.15) is 0 Å². The van der Waals surface area contributed by atoms with E-state index in [9.17, 15) is 4.39 Å². The summed E-state index contributed by atoms with van der Waals surface area (Å²) in [5.74, 6) is 3.01. The first-order valence-electron chi connectivity index (χ1n) is 7.72. The number of hydrogen-bond donors (Lipinski definition) is 1. The Hall–Kier alpha value is -2.41. The predicted octanol–water partition coefficient (Wildman–Crippen LogP) is 3.76. The largest absolute Gasteiger partial charge is 0.362 e. The minimum Gasteiger partial charge on any atom is -0.362 e. The summed E-state index contributed by atoms with van der Waals surface area (Å²) in [6, 6.07) is 5.00. The Morgan fingerprint density at radius 3 is 3.08 bits per heavy atom. The second-order valence-electron chi connectivity index (χ2n) is 5.62. The Morgan fingerprint density at radius 2 is 2.25 bits per heavy atom. The van der Waals surface area contributed by atoms with E-state index in [2.05, 4.69) is 20.3 Å². The molecule has 1 atom stereocenters. The molecule has 1 aliphatic rings. The molecule has 0 fully saturated rings. The van der Waals surface area contributed by atoms with Gasteiger partial charge in [-0.3, -0.25) is 9.55 Å². The van der Waals surface area contributed by atoms with Crippen molar-refractivity contribution in [2.75, 3.05) is 11.1 Å². The average Bonchev–Trinajstić information content (AvgIpc) is 3.02. The van der Waals surface area contributed by atoms with Crippen LogP contribution in [0.3, 0.4) is 0 Å². The van der Waals surface area contributed by atoms with Crippen molar-refractivity contribution in [3.8, 4) is 5.82 Å². The van der Waals surface area contributed by atoms with Crippen molar-refractivity contribution < 1.29 is 4.39 Å². The van der Waals surface area contributed by atoms with Crippen LogP contribution in [0, 0.1) is 12.7 Å². The molecular weight excluding hydrogens is 325 g/mol. The van der Waals surface area contributed by atoms with Crippen LogP contribution in [-0.4, -0.2) is 25.3 Å². The van der Waals surface area contributed by atoms with E-state index in [0.29, 0.717) is 11.6 Å². The van der Waals surface area contributed by atoms with Gasteiger partial charge in [-0.05, 0) is 37.1 Å². The molecule has 0 amide bonds. The minimum atomic E-state index is -0.211. The fourth-order valence-electron chi connectivity index (χ4n) is 2.86. The SMILES string of the molecule is Cc1nccn1-c1cncc(N[C@@H]2CCSc3ccc(F)cc32)n1. The van der Waals surface area contributed by atoms with E-state index in [0.717, 1.165) is 28.5 Å². The third-order valence-corrected chi connectivity index (χ3v) is 5.15. The van der Waals surface area contributed by atoms with E-state index < -0.39 is 0 Å². The van der Waals surface area contributed by atoms with Crippen molar-refractivity contribution in [2.24, 2.45) is 0 Å². The van der Waals surface area contributed by atoms with Gasteiger partial charge >= 0.3 is 0 Å². The zero-order valence-corrected chi connectivity index (χ0v) is 13.9. The molecule has 1 N–H and O–H groups in total. The lowest BCUT2D eigenvalue weighted by atomic mass is 10.0. The fourth-order valence-corrected chi connectivity index (χ4v) is 3.96. The van der Waals surface area contributed by atoms with Crippen LogP contribution in [-0.2, 0) is 0 Å². The Morgan fingerprint density at radius 1 is 1.33 bits per heavy atom. The van der Waals surface area contributed by atoms with Gasteiger partial charge in [0.25, 0.3) is 0 Å². The number of halogens is 1. The molecule has 0 spiro atoms. The number of benzene rings is 1. The molecule has 0 unspecified atom stereocenters. The summed E-state index contributed by atoms with van der Waals surface area (Å²) in [6.07, 6.45) is 7.89. The number of fused-ring (bicyclic) bond motifs is 1. The number of aryl methyl sites for hydroxylation is 1. The number of nitrogens with one attached hydrogen (secondary N) is 1. The molecule has 5 nitrogen and oxygen atoms in total. The van der Waals surface area contributed by atoms with E-state index in [1.54, 1.807) is 36.4 Å². The molecule has 4 rings (SSSR count). The molecule has 2 aromatic heterocycles. The molecule has 0 radical (unpaired) electrons. The van der Waals surface area contributed by atoms with Gasteiger partial charge in [0.1, 0.15) is 17.5 Å². The number of thioether (sulfide) groups is 1. The molecule has 0 bridgehead atoms. The van der Waals surface area contributed by atoms with Gasteiger partial charge in [-0.1, -0.05) is 0 Å². The van der Waals surface area contributed by atoms with Crippen molar-refractivity contribution in [3.63, 3.8) is 0 Å². The first-order chi connectivity index (χ1) is 11.7. The van der Waals surface area contributed by atoms with Crippen LogP contribution in [0.25, 0.3) is 5.82 Å². The molecule has 0 saturated heterocycles. The van der Waals surface area contributed by atoms with Gasteiger partial charge in [0, 0.05) is 23.0 Å². The zero-order chi connectivity index (χ0) is 16.5. The van der Waals surface area contributed by atoms with Gasteiger partial charge in [-0.15, -0.1) is 11.8 Å². The Labute approximate surface area is 143 Å². The van der Waals surface area contributed by atoms with Crippen LogP contribution in [0.15, 0.2) is 47.9 Å². The van der Waals surface area contributed by atoms with Crippen molar-refractivity contribution in [2.45, 2.75) is 24.3 Å². The van der Waals surface area contributed by atoms with E-state index in [4.69, 9.17) is 0 Å². The summed E-state index contributed by atoms with van der Waals surface area (Å²) in [6.45, 7) is 1.92. The number of aromatic nitrogens is 4. The van der Waals surface area contributed by atoms with Gasteiger partial charge in [-0.25, -0.2) is 14.4 Å². The summed E-state index contributed by atoms with van der Waals surface area (Å²) in [7, 11) is 0. The van der Waals surface area contributed by atoms with E-state index in [1.807, 2.05) is 23.8 Å². The first kappa shape index (κ1) is 15.1. The fraction of sp³-hybridized carbons (Fsp3) is 0.235. The summed E-state index contributed by atoms with van der Waals surface area (Å²) in [4.78, 5) is 14.2. The van der Waals surface area contributed by atoms with E-state index in [-0.39, 0.29) is 11.9 Å². The molecule has 3 aromatic rings. The maximum Gasteiger partial charge on any atom is 0.159 e. The lowest BCUT2D eigenvalue weighted by Crippen LogP contribution is -2.17. The zero-order valence-electron chi connectivity index (χ0n) is 13.1. The molecule has 0 saturated carbocycles. The lowest BCUT2D eigenvalue weighted by Gasteiger charge is -2.26. The van der Waals surface area contributed by atoms with Crippen LogP contribution in [0.2, 0.25) is 0 Å². The van der Waals surface area contributed by atoms with Crippen LogP contribution in [0.1, 0.15) is 23.9 Å². The van der Waals surface area contributed by atoms with Gasteiger partial charge in [0.15, 0.2) is 5.82 Å². The minimum absolute atomic E-state index is 0.0328. The summed E-state index contributed by atoms with van der Waals surface area (Å²) in [5.41, 5.74) is 0.984. The standard InChI is InChI=1S/C17H16FN5S/c1-11-20-5-6-23(11)17-10-19-9-16(22-17)21-14-4-7-24-15-3-2-12(18)8-13(14)15/h2-3,5-6,8-10,14H,4,7H2,1H3,(H,21,22)/t14-/m1/s1. The predicted molar refractivity (Wildman–Crippen MR) is 92.0 cm³/mol. The molecule has 122 valence electrons. The number of rotatable bonds is 3. The van der Waals surface area contributed by atoms with E-state index in [1.165, 1.54) is 6.07 Å². The van der Waals surface area contributed by atoms with Crippen molar-refractivity contribution in [3.05, 3.63) is 60.2 Å². The van der Waals surface area contributed by atoms with Crippen molar-refractivity contribution in [1.29, 1.82) is 0 Å². The molecule has 1 aromatic carbocycles. The van der Waals surface area contributed by atoms with Crippen molar-refractivity contribution >= 4 is 17.6 Å². The monoisotopic (exact) mass is 341 g/mol. The molecule has 1 aliphatic heterocycles. The Bertz CT molecular complexity index is 879. The highest BCUT2D eigenvalue weighted by molar-refractivity contribution is 7.99. The van der Waals surface area contributed by atoms with Crippen LogP contribution in [0.5, 0.6) is 0 Å². The molecule has 3 heterocycles. The van der Waals surface area contributed by atoms with Crippen LogP contribution in [0.4, 0.5) is 10.2 Å². The summed E-state index contributed by atoms with van der Waals surface area (Å²) < 4.78 is 15.5. The maximum atomic E-state index is 13.6. The lowest BCUT2D eigenvalue weighted by molar-refractivity contribution is 0.615. The number of anilines is 1. The highest BCUT2D eigenvalue weighted by Gasteiger charge is 2.21. The van der Waals surface area contributed by atoms with Crippen molar-refractivity contribution in [1.82, 2.24) is 19.5 Å². The maximum absolute atomic E-state index is 13.6. The normalized spacial score (nSPS) is 16.7. The summed E-state index contributed by atoms with van der Waals surface area (Å²) >= 11 is 1.76. The smallest absolute Gasteiger partial charge is 0.159 e. The highest BCUT2D eigenvalue weighted by Crippen LogP contribution is 2.38. The highest BCUT2D eigenvalue weighted by atomic mass is 32.2. The first-order valence-corrected chi connectivity index (χ1v) is 8.70. The second kappa shape index (κ2) is 6.24. The van der Waals surface area contributed by atoms with Gasteiger partial charge < -0.3 is 5.32 Å². The van der Waals surface area contributed by atoms with Gasteiger partial charge in [0.2, 0.25) is 0 Å². The molecular formula is C17H16FN5S. The molecule has 24 heavy (non-hydrogen) atoms. The average molecular weight is 341 g/mol. The number of nitrogens with zero attached hydrogens (tertiary/aromatic N) is 4. The topological polar surface area (TPSA) is 55.6 Å². The molecule has 0 aliphatic carbocycles.